The molecule has 0 radical (unpaired) electrons. The molecule has 2 aromatic carbocycles. The second-order valence-corrected chi connectivity index (χ2v) is 7.25. The van der Waals surface area contributed by atoms with Crippen LogP contribution in [0.3, 0.4) is 0 Å². The first-order valence-corrected chi connectivity index (χ1v) is 9.44. The maximum atomic E-state index is 13.0. The van der Waals surface area contributed by atoms with Gasteiger partial charge in [0.05, 0.1) is 0 Å². The Morgan fingerprint density at radius 1 is 1.12 bits per heavy atom. The number of hydrogen-bond acceptors (Lipinski definition) is 1. The van der Waals surface area contributed by atoms with Crippen LogP contribution < -0.4 is 5.32 Å². The topological polar surface area (TPSA) is 34.0 Å². The van der Waals surface area contributed by atoms with E-state index in [2.05, 4.69) is 57.9 Å². The van der Waals surface area contributed by atoms with Gasteiger partial charge in [0.2, 0.25) is 0 Å². The zero-order valence-corrected chi connectivity index (χ0v) is 16.7. The SMILES string of the molecule is CCc1ccc2c(c1)c(C)c(C(=O)Nc1ccc(Br)cc1C)n2CC. The molecule has 0 saturated heterocycles. The van der Waals surface area contributed by atoms with Crippen molar-refractivity contribution in [1.29, 1.82) is 0 Å². The van der Waals surface area contributed by atoms with Gasteiger partial charge in [0.15, 0.2) is 0 Å². The molecule has 0 bridgehead atoms. The minimum absolute atomic E-state index is 0.0565. The van der Waals surface area contributed by atoms with E-state index < -0.39 is 0 Å². The molecule has 3 rings (SSSR count). The molecule has 1 N–H and O–H groups in total. The molecule has 4 heteroatoms. The average Bonchev–Trinajstić information content (AvgIpc) is 2.88. The Kier molecular flexibility index (Phi) is 5.00. The summed E-state index contributed by atoms with van der Waals surface area (Å²) in [7, 11) is 0. The Morgan fingerprint density at radius 2 is 1.88 bits per heavy atom. The maximum absolute atomic E-state index is 13.0. The summed E-state index contributed by atoms with van der Waals surface area (Å²) in [5.41, 5.74) is 6.07. The van der Waals surface area contributed by atoms with Gasteiger partial charge in [-0.05, 0) is 74.2 Å². The molecule has 130 valence electrons. The lowest BCUT2D eigenvalue weighted by Gasteiger charge is -2.12. The van der Waals surface area contributed by atoms with Crippen LogP contribution in [0.1, 0.15) is 41.0 Å². The number of amides is 1. The molecule has 25 heavy (non-hydrogen) atoms. The van der Waals surface area contributed by atoms with E-state index in [9.17, 15) is 4.79 Å². The number of hydrogen-bond donors (Lipinski definition) is 1. The number of nitrogens with zero attached hydrogens (tertiary/aromatic N) is 1. The van der Waals surface area contributed by atoms with Gasteiger partial charge in [0.1, 0.15) is 5.69 Å². The molecule has 0 atom stereocenters. The molecular formula is C21H23BrN2O. The van der Waals surface area contributed by atoms with Gasteiger partial charge < -0.3 is 9.88 Å². The number of aryl methyl sites for hydroxylation is 4. The summed E-state index contributed by atoms with van der Waals surface area (Å²) in [5.74, 6) is -0.0565. The van der Waals surface area contributed by atoms with Gasteiger partial charge >= 0.3 is 0 Å². The van der Waals surface area contributed by atoms with E-state index in [0.29, 0.717) is 0 Å². The van der Waals surface area contributed by atoms with Crippen LogP contribution in [0.15, 0.2) is 40.9 Å². The van der Waals surface area contributed by atoms with Gasteiger partial charge in [-0.25, -0.2) is 0 Å². The molecule has 0 unspecified atom stereocenters. The lowest BCUT2D eigenvalue weighted by Crippen LogP contribution is -2.18. The van der Waals surface area contributed by atoms with Crippen molar-refractivity contribution in [2.24, 2.45) is 0 Å². The number of aromatic nitrogens is 1. The lowest BCUT2D eigenvalue weighted by atomic mass is 10.1. The summed E-state index contributed by atoms with van der Waals surface area (Å²) in [5, 5.41) is 4.24. The van der Waals surface area contributed by atoms with Crippen LogP contribution in [0, 0.1) is 13.8 Å². The van der Waals surface area contributed by atoms with Gasteiger partial charge in [-0.15, -0.1) is 0 Å². The summed E-state index contributed by atoms with van der Waals surface area (Å²) >= 11 is 3.46. The van der Waals surface area contributed by atoms with E-state index in [1.54, 1.807) is 0 Å². The molecule has 0 saturated carbocycles. The number of nitrogens with one attached hydrogen (secondary N) is 1. The Hall–Kier alpha value is -2.07. The average molecular weight is 399 g/mol. The monoisotopic (exact) mass is 398 g/mol. The third-order valence-electron chi connectivity index (χ3n) is 4.76. The number of rotatable bonds is 4. The maximum Gasteiger partial charge on any atom is 0.272 e. The predicted octanol–water partition coefficient (Wildman–Crippen LogP) is 5.86. The minimum atomic E-state index is -0.0565. The number of anilines is 1. The molecular weight excluding hydrogens is 376 g/mol. The smallest absolute Gasteiger partial charge is 0.272 e. The van der Waals surface area contributed by atoms with Gasteiger partial charge in [0, 0.05) is 27.6 Å². The molecule has 0 fully saturated rings. The minimum Gasteiger partial charge on any atom is -0.337 e. The zero-order valence-electron chi connectivity index (χ0n) is 15.1. The van der Waals surface area contributed by atoms with Crippen molar-refractivity contribution in [3.8, 4) is 0 Å². The van der Waals surface area contributed by atoms with E-state index in [1.165, 1.54) is 10.9 Å². The van der Waals surface area contributed by atoms with Gasteiger partial charge in [-0.2, -0.15) is 0 Å². The fourth-order valence-electron chi connectivity index (χ4n) is 3.36. The van der Waals surface area contributed by atoms with Gasteiger partial charge in [-0.3, -0.25) is 4.79 Å². The van der Waals surface area contributed by atoms with Crippen molar-refractivity contribution in [1.82, 2.24) is 4.57 Å². The Labute approximate surface area is 157 Å². The highest BCUT2D eigenvalue weighted by Crippen LogP contribution is 2.28. The number of carbonyl (C=O) groups is 1. The fraction of sp³-hybridized carbons (Fsp3) is 0.286. The molecule has 1 aromatic heterocycles. The Morgan fingerprint density at radius 3 is 2.52 bits per heavy atom. The third-order valence-corrected chi connectivity index (χ3v) is 5.25. The van der Waals surface area contributed by atoms with E-state index in [-0.39, 0.29) is 5.91 Å². The van der Waals surface area contributed by atoms with Crippen molar-refractivity contribution in [3.63, 3.8) is 0 Å². The van der Waals surface area contributed by atoms with E-state index >= 15 is 0 Å². The summed E-state index contributed by atoms with van der Waals surface area (Å²) in [4.78, 5) is 13.0. The second-order valence-electron chi connectivity index (χ2n) is 6.34. The van der Waals surface area contributed by atoms with Crippen molar-refractivity contribution < 1.29 is 4.79 Å². The number of halogens is 1. The quantitative estimate of drug-likeness (QED) is 0.586. The molecule has 3 nitrogen and oxygen atoms in total. The highest BCUT2D eigenvalue weighted by atomic mass is 79.9. The van der Waals surface area contributed by atoms with E-state index in [0.717, 1.165) is 45.5 Å². The number of benzene rings is 2. The highest BCUT2D eigenvalue weighted by Gasteiger charge is 2.20. The summed E-state index contributed by atoms with van der Waals surface area (Å²) in [6, 6.07) is 12.4. The molecule has 0 aliphatic rings. The van der Waals surface area contributed by atoms with Crippen LogP contribution in [-0.4, -0.2) is 10.5 Å². The molecule has 1 heterocycles. The summed E-state index contributed by atoms with van der Waals surface area (Å²) < 4.78 is 3.11. The Bertz CT molecular complexity index is 956. The van der Waals surface area contributed by atoms with Crippen LogP contribution in [-0.2, 0) is 13.0 Å². The first-order valence-electron chi connectivity index (χ1n) is 8.65. The second kappa shape index (κ2) is 7.04. The largest absolute Gasteiger partial charge is 0.337 e. The first kappa shape index (κ1) is 17.7. The van der Waals surface area contributed by atoms with Crippen LogP contribution >= 0.6 is 15.9 Å². The van der Waals surface area contributed by atoms with E-state index in [4.69, 9.17) is 0 Å². The van der Waals surface area contributed by atoms with E-state index in [1.807, 2.05) is 32.0 Å². The van der Waals surface area contributed by atoms with Crippen LogP contribution in [0.2, 0.25) is 0 Å². The van der Waals surface area contributed by atoms with Gasteiger partial charge in [-0.1, -0.05) is 28.9 Å². The predicted molar refractivity (Wildman–Crippen MR) is 109 cm³/mol. The van der Waals surface area contributed by atoms with Crippen molar-refractivity contribution in [3.05, 3.63) is 63.3 Å². The molecule has 0 aliphatic heterocycles. The fourth-order valence-corrected chi connectivity index (χ4v) is 3.84. The molecule has 3 aromatic rings. The first-order chi connectivity index (χ1) is 12.0. The summed E-state index contributed by atoms with van der Waals surface area (Å²) in [6.45, 7) is 9.02. The molecule has 0 aliphatic carbocycles. The third kappa shape index (κ3) is 3.23. The van der Waals surface area contributed by atoms with Crippen LogP contribution in [0.4, 0.5) is 5.69 Å². The van der Waals surface area contributed by atoms with Crippen molar-refractivity contribution >= 4 is 38.4 Å². The molecule has 0 spiro atoms. The normalized spacial score (nSPS) is 11.1. The highest BCUT2D eigenvalue weighted by molar-refractivity contribution is 9.10. The standard InChI is InChI=1S/C21H23BrN2O/c1-5-15-7-10-19-17(12-15)14(4)20(24(19)6-2)21(25)23-18-9-8-16(22)11-13(18)3/h7-12H,5-6H2,1-4H3,(H,23,25). The van der Waals surface area contributed by atoms with Crippen LogP contribution in [0.25, 0.3) is 10.9 Å². The summed E-state index contributed by atoms with van der Waals surface area (Å²) in [6.07, 6.45) is 0.992. The van der Waals surface area contributed by atoms with Crippen LogP contribution in [0.5, 0.6) is 0 Å². The van der Waals surface area contributed by atoms with Crippen molar-refractivity contribution in [2.45, 2.75) is 40.7 Å². The number of carbonyl (C=O) groups excluding carboxylic acids is 1. The van der Waals surface area contributed by atoms with Crippen molar-refractivity contribution in [2.75, 3.05) is 5.32 Å². The lowest BCUT2D eigenvalue weighted by molar-refractivity contribution is 0.101. The van der Waals surface area contributed by atoms with Gasteiger partial charge in [0.25, 0.3) is 5.91 Å². The zero-order chi connectivity index (χ0) is 18.1. The Balaban J connectivity index is 2.07. The molecule has 1 amide bonds. The number of fused-ring (bicyclic) bond motifs is 1.